The Hall–Kier alpha value is -2.41. The van der Waals surface area contributed by atoms with E-state index in [1.54, 1.807) is 43.3 Å². The second-order valence-corrected chi connectivity index (χ2v) is 5.77. The lowest BCUT2D eigenvalue weighted by atomic mass is 10.2. The highest BCUT2D eigenvalue weighted by Gasteiger charge is 2.18. The Morgan fingerprint density at radius 2 is 2.09 bits per heavy atom. The quantitative estimate of drug-likeness (QED) is 0.785. The minimum absolute atomic E-state index is 0.104. The van der Waals surface area contributed by atoms with Crippen molar-refractivity contribution in [3.05, 3.63) is 58.8 Å². The van der Waals surface area contributed by atoms with Crippen molar-refractivity contribution in [3.63, 3.8) is 0 Å². The second kappa shape index (κ2) is 7.73. The molecule has 0 saturated carbocycles. The van der Waals surface area contributed by atoms with E-state index in [4.69, 9.17) is 4.52 Å². The Labute approximate surface area is 142 Å². The minimum Gasteiger partial charge on any atom is -0.360 e. The van der Waals surface area contributed by atoms with Gasteiger partial charge in [0.25, 0.3) is 5.91 Å². The summed E-state index contributed by atoms with van der Waals surface area (Å²) in [7, 11) is 0. The SMILES string of the molecule is C=CCN(CC(=O)Nc1cc(C)on1)C(=O)c1ccc(Br)cc1. The highest BCUT2D eigenvalue weighted by atomic mass is 79.9. The number of hydrogen-bond acceptors (Lipinski definition) is 4. The van der Waals surface area contributed by atoms with Crippen molar-refractivity contribution in [3.8, 4) is 0 Å². The maximum absolute atomic E-state index is 12.5. The molecule has 6 nitrogen and oxygen atoms in total. The fraction of sp³-hybridized carbons (Fsp3) is 0.188. The number of nitrogens with one attached hydrogen (secondary N) is 1. The molecule has 0 atom stereocenters. The van der Waals surface area contributed by atoms with E-state index in [-0.39, 0.29) is 24.9 Å². The van der Waals surface area contributed by atoms with Crippen molar-refractivity contribution in [2.45, 2.75) is 6.92 Å². The summed E-state index contributed by atoms with van der Waals surface area (Å²) in [6.45, 7) is 5.51. The van der Waals surface area contributed by atoms with Gasteiger partial charge < -0.3 is 14.7 Å². The molecule has 1 heterocycles. The maximum atomic E-state index is 12.5. The Kier molecular flexibility index (Phi) is 5.70. The van der Waals surface area contributed by atoms with Crippen LogP contribution in [0.25, 0.3) is 0 Å². The van der Waals surface area contributed by atoms with Gasteiger partial charge in [-0.15, -0.1) is 6.58 Å². The molecule has 0 aliphatic heterocycles. The Morgan fingerprint density at radius 3 is 2.65 bits per heavy atom. The summed E-state index contributed by atoms with van der Waals surface area (Å²) in [5.74, 6) is 0.311. The summed E-state index contributed by atoms with van der Waals surface area (Å²) < 4.78 is 5.76. The highest BCUT2D eigenvalue weighted by Crippen LogP contribution is 2.13. The first-order valence-electron chi connectivity index (χ1n) is 6.88. The molecule has 0 unspecified atom stereocenters. The van der Waals surface area contributed by atoms with Crippen molar-refractivity contribution >= 4 is 33.6 Å². The first-order valence-corrected chi connectivity index (χ1v) is 7.68. The number of hydrogen-bond donors (Lipinski definition) is 1. The smallest absolute Gasteiger partial charge is 0.254 e. The van der Waals surface area contributed by atoms with Crippen LogP contribution in [-0.2, 0) is 4.79 Å². The van der Waals surface area contributed by atoms with Crippen molar-refractivity contribution in [2.75, 3.05) is 18.4 Å². The van der Waals surface area contributed by atoms with Crippen LogP contribution >= 0.6 is 15.9 Å². The lowest BCUT2D eigenvalue weighted by Crippen LogP contribution is -2.38. The lowest BCUT2D eigenvalue weighted by Gasteiger charge is -2.20. The van der Waals surface area contributed by atoms with Gasteiger partial charge >= 0.3 is 0 Å². The predicted molar refractivity (Wildman–Crippen MR) is 90.1 cm³/mol. The van der Waals surface area contributed by atoms with Crippen molar-refractivity contribution < 1.29 is 14.1 Å². The molecule has 0 saturated heterocycles. The summed E-state index contributed by atoms with van der Waals surface area (Å²) in [4.78, 5) is 26.0. The normalized spacial score (nSPS) is 10.2. The molecule has 2 amide bonds. The molecule has 0 aliphatic carbocycles. The number of carbonyl (C=O) groups is 2. The molecule has 2 aromatic rings. The van der Waals surface area contributed by atoms with Gasteiger partial charge in [-0.3, -0.25) is 9.59 Å². The third-order valence-electron chi connectivity index (χ3n) is 2.96. The third kappa shape index (κ3) is 4.79. The summed E-state index contributed by atoms with van der Waals surface area (Å²) >= 11 is 3.32. The van der Waals surface area contributed by atoms with Crippen LogP contribution in [0.15, 0.2) is 52.0 Å². The molecule has 1 N–H and O–H groups in total. The van der Waals surface area contributed by atoms with Crippen LogP contribution in [0.1, 0.15) is 16.1 Å². The molecule has 0 aliphatic rings. The van der Waals surface area contributed by atoms with Crippen molar-refractivity contribution in [2.24, 2.45) is 0 Å². The van der Waals surface area contributed by atoms with Crippen molar-refractivity contribution in [1.82, 2.24) is 10.1 Å². The Morgan fingerprint density at radius 1 is 1.39 bits per heavy atom. The van der Waals surface area contributed by atoms with Gasteiger partial charge in [-0.05, 0) is 31.2 Å². The number of halogens is 1. The Balaban J connectivity index is 2.05. The van der Waals surface area contributed by atoms with Crippen LogP contribution in [0.5, 0.6) is 0 Å². The molecule has 7 heteroatoms. The van der Waals surface area contributed by atoms with Gasteiger partial charge in [0, 0.05) is 22.6 Å². The minimum atomic E-state index is -0.356. The number of carbonyl (C=O) groups excluding carboxylic acids is 2. The van der Waals surface area contributed by atoms with Gasteiger partial charge in [-0.2, -0.15) is 0 Å². The summed E-state index contributed by atoms with van der Waals surface area (Å²) in [5, 5.41) is 6.27. The molecular weight excluding hydrogens is 362 g/mol. The van der Waals surface area contributed by atoms with Gasteiger partial charge in [0.2, 0.25) is 5.91 Å². The number of benzene rings is 1. The average molecular weight is 378 g/mol. The van der Waals surface area contributed by atoms with E-state index in [0.29, 0.717) is 17.1 Å². The predicted octanol–water partition coefficient (Wildman–Crippen LogP) is 3.01. The van der Waals surface area contributed by atoms with E-state index < -0.39 is 0 Å². The van der Waals surface area contributed by atoms with Crippen LogP contribution in [-0.4, -0.2) is 35.0 Å². The molecule has 23 heavy (non-hydrogen) atoms. The maximum Gasteiger partial charge on any atom is 0.254 e. The Bertz CT molecular complexity index is 710. The van der Waals surface area contributed by atoms with E-state index in [1.165, 1.54) is 4.90 Å². The zero-order valence-corrected chi connectivity index (χ0v) is 14.2. The number of aryl methyl sites for hydroxylation is 1. The molecule has 1 aromatic heterocycles. The number of amides is 2. The topological polar surface area (TPSA) is 75.4 Å². The van der Waals surface area contributed by atoms with Crippen LogP contribution in [0.2, 0.25) is 0 Å². The first-order chi connectivity index (χ1) is 11.0. The molecule has 0 bridgehead atoms. The molecule has 2 rings (SSSR count). The molecule has 0 fully saturated rings. The van der Waals surface area contributed by atoms with E-state index >= 15 is 0 Å². The van der Waals surface area contributed by atoms with E-state index in [0.717, 1.165) is 4.47 Å². The summed E-state index contributed by atoms with van der Waals surface area (Å²) in [5.41, 5.74) is 0.500. The van der Waals surface area contributed by atoms with Crippen molar-refractivity contribution in [1.29, 1.82) is 0 Å². The van der Waals surface area contributed by atoms with E-state index in [1.807, 2.05) is 0 Å². The lowest BCUT2D eigenvalue weighted by molar-refractivity contribution is -0.116. The molecule has 0 spiro atoms. The van der Waals surface area contributed by atoms with Gasteiger partial charge in [-0.1, -0.05) is 27.2 Å². The zero-order valence-electron chi connectivity index (χ0n) is 12.6. The van der Waals surface area contributed by atoms with Crippen LogP contribution in [0.3, 0.4) is 0 Å². The fourth-order valence-electron chi connectivity index (χ4n) is 1.93. The second-order valence-electron chi connectivity index (χ2n) is 4.85. The van der Waals surface area contributed by atoms with Crippen LogP contribution < -0.4 is 5.32 Å². The number of rotatable bonds is 6. The van der Waals surface area contributed by atoms with Crippen LogP contribution in [0.4, 0.5) is 5.82 Å². The van der Waals surface area contributed by atoms with E-state index in [9.17, 15) is 9.59 Å². The molecule has 1 aromatic carbocycles. The van der Waals surface area contributed by atoms with Gasteiger partial charge in [-0.25, -0.2) is 0 Å². The largest absolute Gasteiger partial charge is 0.360 e. The summed E-state index contributed by atoms with van der Waals surface area (Å²) in [6.07, 6.45) is 1.57. The first kappa shape index (κ1) is 17.0. The standard InChI is InChI=1S/C16H16BrN3O3/c1-3-8-20(16(22)12-4-6-13(17)7-5-12)10-15(21)18-14-9-11(2)23-19-14/h3-7,9H,1,8,10H2,2H3,(H,18,19,21). The monoisotopic (exact) mass is 377 g/mol. The molecular formula is C16H16BrN3O3. The third-order valence-corrected chi connectivity index (χ3v) is 3.49. The van der Waals surface area contributed by atoms with Crippen LogP contribution in [0, 0.1) is 6.92 Å². The molecule has 0 radical (unpaired) electrons. The molecule has 120 valence electrons. The average Bonchev–Trinajstić information content (AvgIpc) is 2.92. The number of anilines is 1. The van der Waals surface area contributed by atoms with Gasteiger partial charge in [0.1, 0.15) is 12.3 Å². The number of nitrogens with zero attached hydrogens (tertiary/aromatic N) is 2. The van der Waals surface area contributed by atoms with E-state index in [2.05, 4.69) is 33.0 Å². The van der Waals surface area contributed by atoms with Gasteiger partial charge in [0.05, 0.1) is 0 Å². The van der Waals surface area contributed by atoms with Gasteiger partial charge in [0.15, 0.2) is 5.82 Å². The zero-order chi connectivity index (χ0) is 16.8. The highest BCUT2D eigenvalue weighted by molar-refractivity contribution is 9.10. The fourth-order valence-corrected chi connectivity index (χ4v) is 2.20. The number of aromatic nitrogens is 1. The summed E-state index contributed by atoms with van der Waals surface area (Å²) in [6, 6.07) is 8.55.